The molecule has 0 amide bonds. The van der Waals surface area contributed by atoms with Gasteiger partial charge in [-0.1, -0.05) is 70.3 Å². The van der Waals surface area contributed by atoms with Gasteiger partial charge in [-0.2, -0.15) is 0 Å². The molecule has 1 saturated carbocycles. The van der Waals surface area contributed by atoms with Gasteiger partial charge in [-0.15, -0.1) is 6.58 Å². The van der Waals surface area contributed by atoms with Gasteiger partial charge in [-0.3, -0.25) is 0 Å². The molecule has 15 heavy (non-hydrogen) atoms. The zero-order valence-electron chi connectivity index (χ0n) is 10.3. The zero-order valence-corrected chi connectivity index (χ0v) is 10.3. The molecular formula is C15H28. The average Bonchev–Trinajstić information content (AvgIpc) is 2.31. The van der Waals surface area contributed by atoms with Crippen LogP contribution in [0.25, 0.3) is 0 Å². The van der Waals surface area contributed by atoms with Crippen LogP contribution in [-0.4, -0.2) is 0 Å². The Kier molecular flexibility index (Phi) is 7.69. The fourth-order valence-corrected chi connectivity index (χ4v) is 2.71. The molecule has 0 aromatic carbocycles. The summed E-state index contributed by atoms with van der Waals surface area (Å²) in [6.45, 7) is 3.84. The molecule has 0 aromatic heterocycles. The predicted octanol–water partition coefficient (Wildman–Crippen LogP) is 5.48. The van der Waals surface area contributed by atoms with E-state index in [0.717, 1.165) is 5.92 Å². The van der Waals surface area contributed by atoms with Crippen molar-refractivity contribution in [1.82, 2.24) is 0 Å². The minimum absolute atomic E-state index is 1.00. The third kappa shape index (κ3) is 6.76. The molecule has 0 spiro atoms. The van der Waals surface area contributed by atoms with Crippen molar-refractivity contribution in [3.05, 3.63) is 12.7 Å². The first-order chi connectivity index (χ1) is 7.43. The van der Waals surface area contributed by atoms with E-state index in [4.69, 9.17) is 0 Å². The molecule has 1 aliphatic rings. The van der Waals surface area contributed by atoms with Gasteiger partial charge in [0.1, 0.15) is 0 Å². The van der Waals surface area contributed by atoms with Crippen molar-refractivity contribution in [3.63, 3.8) is 0 Å². The van der Waals surface area contributed by atoms with Crippen LogP contribution in [0.1, 0.15) is 77.0 Å². The van der Waals surface area contributed by atoms with E-state index >= 15 is 0 Å². The molecule has 0 bridgehead atoms. The normalized spacial score (nSPS) is 21.9. The second kappa shape index (κ2) is 9.00. The van der Waals surface area contributed by atoms with E-state index in [1.807, 2.05) is 0 Å². The Hall–Kier alpha value is -0.260. The second-order valence-corrected chi connectivity index (χ2v) is 5.14. The minimum Gasteiger partial charge on any atom is -0.103 e. The lowest BCUT2D eigenvalue weighted by atomic mass is 9.91. The van der Waals surface area contributed by atoms with Crippen LogP contribution in [0.4, 0.5) is 0 Å². The van der Waals surface area contributed by atoms with Gasteiger partial charge in [-0.05, 0) is 18.8 Å². The Morgan fingerprint density at radius 3 is 1.73 bits per heavy atom. The first kappa shape index (κ1) is 12.8. The van der Waals surface area contributed by atoms with E-state index in [2.05, 4.69) is 12.7 Å². The van der Waals surface area contributed by atoms with Crippen LogP contribution in [0.2, 0.25) is 0 Å². The molecule has 0 radical (unpaired) electrons. The number of allylic oxidation sites excluding steroid dienone is 1. The molecule has 1 fully saturated rings. The highest BCUT2D eigenvalue weighted by atomic mass is 14.1. The van der Waals surface area contributed by atoms with Gasteiger partial charge in [0.25, 0.3) is 0 Å². The molecule has 0 aliphatic heterocycles. The van der Waals surface area contributed by atoms with Gasteiger partial charge in [0.15, 0.2) is 0 Å². The summed E-state index contributed by atoms with van der Waals surface area (Å²) in [7, 11) is 0. The largest absolute Gasteiger partial charge is 0.103 e. The summed E-state index contributed by atoms with van der Waals surface area (Å²) < 4.78 is 0. The summed E-state index contributed by atoms with van der Waals surface area (Å²) in [5.74, 6) is 1.00. The molecule has 0 heteroatoms. The van der Waals surface area contributed by atoms with E-state index in [0.29, 0.717) is 0 Å². The van der Waals surface area contributed by atoms with Crippen molar-refractivity contribution in [2.24, 2.45) is 5.92 Å². The van der Waals surface area contributed by atoms with Crippen molar-refractivity contribution < 1.29 is 0 Å². The molecule has 0 unspecified atom stereocenters. The fraction of sp³-hybridized carbons (Fsp3) is 0.867. The third-order valence-corrected chi connectivity index (χ3v) is 3.75. The molecule has 0 N–H and O–H groups in total. The maximum atomic E-state index is 3.84. The first-order valence-corrected chi connectivity index (χ1v) is 7.04. The van der Waals surface area contributed by atoms with Gasteiger partial charge >= 0.3 is 0 Å². The SMILES string of the molecule is C=CCCC1CCCCCCCCCC1. The van der Waals surface area contributed by atoms with E-state index in [1.165, 1.54) is 77.0 Å². The van der Waals surface area contributed by atoms with Gasteiger partial charge in [0, 0.05) is 0 Å². The fourth-order valence-electron chi connectivity index (χ4n) is 2.71. The molecule has 1 aliphatic carbocycles. The molecule has 0 aromatic rings. The van der Waals surface area contributed by atoms with Crippen LogP contribution in [-0.2, 0) is 0 Å². The van der Waals surface area contributed by atoms with Crippen molar-refractivity contribution in [2.75, 3.05) is 0 Å². The van der Waals surface area contributed by atoms with Gasteiger partial charge in [0.05, 0.1) is 0 Å². The molecule has 0 nitrogen and oxygen atoms in total. The van der Waals surface area contributed by atoms with Gasteiger partial charge in [0.2, 0.25) is 0 Å². The monoisotopic (exact) mass is 208 g/mol. The van der Waals surface area contributed by atoms with Crippen LogP contribution >= 0.6 is 0 Å². The maximum Gasteiger partial charge on any atom is -0.0351 e. The van der Waals surface area contributed by atoms with Crippen LogP contribution < -0.4 is 0 Å². The summed E-state index contributed by atoms with van der Waals surface area (Å²) in [5.41, 5.74) is 0. The van der Waals surface area contributed by atoms with Crippen LogP contribution in [0.15, 0.2) is 12.7 Å². The average molecular weight is 208 g/mol. The summed E-state index contributed by atoms with van der Waals surface area (Å²) in [5, 5.41) is 0. The first-order valence-electron chi connectivity index (χ1n) is 7.04. The molecule has 0 atom stereocenters. The van der Waals surface area contributed by atoms with Crippen LogP contribution in [0.3, 0.4) is 0 Å². The molecule has 1 rings (SSSR count). The van der Waals surface area contributed by atoms with E-state index in [9.17, 15) is 0 Å². The Morgan fingerprint density at radius 2 is 1.27 bits per heavy atom. The number of hydrogen-bond acceptors (Lipinski definition) is 0. The predicted molar refractivity (Wildman–Crippen MR) is 69.1 cm³/mol. The van der Waals surface area contributed by atoms with Crippen molar-refractivity contribution in [2.45, 2.75) is 77.0 Å². The zero-order chi connectivity index (χ0) is 10.8. The third-order valence-electron chi connectivity index (χ3n) is 3.75. The molecule has 0 saturated heterocycles. The van der Waals surface area contributed by atoms with Crippen LogP contribution in [0.5, 0.6) is 0 Å². The number of hydrogen-bond donors (Lipinski definition) is 0. The molecule has 88 valence electrons. The molecule has 0 heterocycles. The summed E-state index contributed by atoms with van der Waals surface area (Å²) in [4.78, 5) is 0. The second-order valence-electron chi connectivity index (χ2n) is 5.14. The van der Waals surface area contributed by atoms with Crippen LogP contribution in [0, 0.1) is 5.92 Å². The topological polar surface area (TPSA) is 0 Å². The lowest BCUT2D eigenvalue weighted by molar-refractivity contribution is 0.392. The van der Waals surface area contributed by atoms with Gasteiger partial charge < -0.3 is 0 Å². The smallest absolute Gasteiger partial charge is 0.0351 e. The lowest BCUT2D eigenvalue weighted by Gasteiger charge is -2.15. The molecular weight excluding hydrogens is 180 g/mol. The van der Waals surface area contributed by atoms with Gasteiger partial charge in [-0.25, -0.2) is 0 Å². The Morgan fingerprint density at radius 1 is 0.800 bits per heavy atom. The quantitative estimate of drug-likeness (QED) is 0.538. The van der Waals surface area contributed by atoms with Crippen molar-refractivity contribution in [3.8, 4) is 0 Å². The van der Waals surface area contributed by atoms with E-state index in [-0.39, 0.29) is 0 Å². The maximum absolute atomic E-state index is 3.84. The standard InChI is InChI=1S/C15H28/c1-2-3-12-15-13-10-8-6-4-5-7-9-11-14-15/h2,15H,1,3-14H2. The highest BCUT2D eigenvalue weighted by Crippen LogP contribution is 2.24. The Bertz CT molecular complexity index is 136. The highest BCUT2D eigenvalue weighted by Gasteiger charge is 2.08. The summed E-state index contributed by atoms with van der Waals surface area (Å²) >= 11 is 0. The number of rotatable bonds is 3. The Labute approximate surface area is 96.2 Å². The van der Waals surface area contributed by atoms with Crippen molar-refractivity contribution in [1.29, 1.82) is 0 Å². The van der Waals surface area contributed by atoms with Crippen molar-refractivity contribution >= 4 is 0 Å². The Balaban J connectivity index is 2.22. The summed E-state index contributed by atoms with van der Waals surface area (Å²) in [6, 6.07) is 0. The lowest BCUT2D eigenvalue weighted by Crippen LogP contribution is -2.00. The summed E-state index contributed by atoms with van der Waals surface area (Å²) in [6.07, 6.45) is 19.5. The minimum atomic E-state index is 1.00. The van der Waals surface area contributed by atoms with E-state index in [1.54, 1.807) is 0 Å². The highest BCUT2D eigenvalue weighted by molar-refractivity contribution is 4.70. The van der Waals surface area contributed by atoms with E-state index < -0.39 is 0 Å².